The molecule has 2 heterocycles. The number of nitrogens with two attached hydrogens (primary N) is 1. The molecule has 0 amide bonds. The Balaban J connectivity index is 1.92. The van der Waals surface area contributed by atoms with Crippen LogP contribution >= 0.6 is 22.7 Å². The number of anilines is 1. The SMILES string of the molecule is Nc1ccc2nc(S(=O)Cc3cccs3)sc2c1. The molecule has 3 nitrogen and oxygen atoms in total. The fourth-order valence-electron chi connectivity index (χ4n) is 1.60. The van der Waals surface area contributed by atoms with E-state index >= 15 is 0 Å². The second kappa shape index (κ2) is 4.79. The lowest BCUT2D eigenvalue weighted by Crippen LogP contribution is -1.93. The lowest BCUT2D eigenvalue weighted by molar-refractivity contribution is 0.682. The summed E-state index contributed by atoms with van der Waals surface area (Å²) in [6, 6.07) is 9.52. The molecule has 92 valence electrons. The third kappa shape index (κ3) is 2.31. The van der Waals surface area contributed by atoms with Crippen molar-refractivity contribution in [3.05, 3.63) is 40.6 Å². The van der Waals surface area contributed by atoms with Gasteiger partial charge < -0.3 is 5.73 Å². The Labute approximate surface area is 115 Å². The summed E-state index contributed by atoms with van der Waals surface area (Å²) in [6.07, 6.45) is 0. The van der Waals surface area contributed by atoms with Crippen molar-refractivity contribution < 1.29 is 4.21 Å². The number of thiazole rings is 1. The van der Waals surface area contributed by atoms with Gasteiger partial charge in [0.2, 0.25) is 0 Å². The highest BCUT2D eigenvalue weighted by Crippen LogP contribution is 2.27. The highest BCUT2D eigenvalue weighted by atomic mass is 32.2. The quantitative estimate of drug-likeness (QED) is 0.754. The molecule has 0 saturated carbocycles. The van der Waals surface area contributed by atoms with E-state index in [1.165, 1.54) is 11.3 Å². The van der Waals surface area contributed by atoms with Crippen LogP contribution in [0.5, 0.6) is 0 Å². The van der Waals surface area contributed by atoms with Gasteiger partial charge in [0.05, 0.1) is 26.8 Å². The molecule has 2 N–H and O–H groups in total. The monoisotopic (exact) mass is 294 g/mol. The minimum atomic E-state index is -1.08. The number of hydrogen-bond donors (Lipinski definition) is 1. The highest BCUT2D eigenvalue weighted by Gasteiger charge is 2.12. The molecule has 0 saturated heterocycles. The molecule has 3 aromatic rings. The largest absolute Gasteiger partial charge is 0.399 e. The molecular weight excluding hydrogens is 284 g/mol. The van der Waals surface area contributed by atoms with E-state index in [1.807, 2.05) is 35.7 Å². The fourth-order valence-corrected chi connectivity index (χ4v) is 4.93. The topological polar surface area (TPSA) is 56.0 Å². The first-order chi connectivity index (χ1) is 8.72. The van der Waals surface area contributed by atoms with Gasteiger partial charge >= 0.3 is 0 Å². The number of thiophene rings is 1. The van der Waals surface area contributed by atoms with Crippen LogP contribution in [0.25, 0.3) is 10.2 Å². The van der Waals surface area contributed by atoms with Crippen LogP contribution in [0.2, 0.25) is 0 Å². The molecule has 0 aliphatic carbocycles. The van der Waals surface area contributed by atoms with Crippen molar-refractivity contribution in [2.75, 3.05) is 5.73 Å². The van der Waals surface area contributed by atoms with Crippen LogP contribution in [0.1, 0.15) is 4.88 Å². The summed E-state index contributed by atoms with van der Waals surface area (Å²) >= 11 is 3.07. The summed E-state index contributed by atoms with van der Waals surface area (Å²) < 4.78 is 13.9. The molecule has 2 aromatic heterocycles. The van der Waals surface area contributed by atoms with Gasteiger partial charge in [-0.2, -0.15) is 0 Å². The molecule has 1 unspecified atom stereocenters. The van der Waals surface area contributed by atoms with E-state index in [0.717, 1.165) is 15.1 Å². The van der Waals surface area contributed by atoms with Crippen LogP contribution in [0, 0.1) is 0 Å². The van der Waals surface area contributed by atoms with E-state index < -0.39 is 10.8 Å². The zero-order valence-corrected chi connectivity index (χ0v) is 11.8. The molecule has 18 heavy (non-hydrogen) atoms. The van der Waals surface area contributed by atoms with Gasteiger partial charge in [-0.15, -0.1) is 22.7 Å². The van der Waals surface area contributed by atoms with Crippen molar-refractivity contribution in [1.82, 2.24) is 4.98 Å². The van der Waals surface area contributed by atoms with Crippen molar-refractivity contribution in [3.63, 3.8) is 0 Å². The maximum atomic E-state index is 12.2. The van der Waals surface area contributed by atoms with E-state index in [0.29, 0.717) is 15.8 Å². The van der Waals surface area contributed by atoms with Crippen molar-refractivity contribution in [2.24, 2.45) is 0 Å². The lowest BCUT2D eigenvalue weighted by atomic mass is 10.3. The van der Waals surface area contributed by atoms with Crippen molar-refractivity contribution in [3.8, 4) is 0 Å². The second-order valence-electron chi connectivity index (χ2n) is 3.78. The lowest BCUT2D eigenvalue weighted by Gasteiger charge is -1.93. The van der Waals surface area contributed by atoms with E-state index in [-0.39, 0.29) is 0 Å². The molecule has 0 bridgehead atoms. The molecule has 6 heteroatoms. The molecule has 1 atom stereocenters. The average Bonchev–Trinajstić information content (AvgIpc) is 2.96. The van der Waals surface area contributed by atoms with Gasteiger partial charge in [0.1, 0.15) is 0 Å². The summed E-state index contributed by atoms with van der Waals surface area (Å²) in [5.74, 6) is 0.535. The first kappa shape index (κ1) is 11.8. The molecule has 0 aliphatic heterocycles. The predicted molar refractivity (Wildman–Crippen MR) is 78.5 cm³/mol. The average molecular weight is 294 g/mol. The van der Waals surface area contributed by atoms with E-state index in [9.17, 15) is 4.21 Å². The first-order valence-electron chi connectivity index (χ1n) is 5.29. The minimum absolute atomic E-state index is 0.535. The molecule has 0 aliphatic rings. The number of aromatic nitrogens is 1. The van der Waals surface area contributed by atoms with Crippen LogP contribution < -0.4 is 5.73 Å². The molecule has 0 fully saturated rings. The van der Waals surface area contributed by atoms with Gasteiger partial charge in [-0.05, 0) is 29.6 Å². The number of hydrogen-bond acceptors (Lipinski definition) is 5. The molecule has 3 rings (SSSR count). The minimum Gasteiger partial charge on any atom is -0.399 e. The number of nitrogens with zero attached hydrogens (tertiary/aromatic N) is 1. The van der Waals surface area contributed by atoms with Crippen molar-refractivity contribution in [2.45, 2.75) is 10.1 Å². The third-order valence-electron chi connectivity index (χ3n) is 2.44. The molecular formula is C12H10N2OS3. The van der Waals surface area contributed by atoms with Gasteiger partial charge in [-0.3, -0.25) is 4.21 Å². The smallest absolute Gasteiger partial charge is 0.182 e. The van der Waals surface area contributed by atoms with E-state index in [4.69, 9.17) is 5.73 Å². The van der Waals surface area contributed by atoms with Gasteiger partial charge in [0, 0.05) is 10.6 Å². The highest BCUT2D eigenvalue weighted by molar-refractivity contribution is 7.86. The Morgan fingerprint density at radius 1 is 1.33 bits per heavy atom. The maximum Gasteiger partial charge on any atom is 0.182 e. The summed E-state index contributed by atoms with van der Waals surface area (Å²) in [7, 11) is -1.08. The van der Waals surface area contributed by atoms with Gasteiger partial charge in [0.25, 0.3) is 0 Å². The van der Waals surface area contributed by atoms with Gasteiger partial charge in [0.15, 0.2) is 4.34 Å². The molecule has 1 aromatic carbocycles. The van der Waals surface area contributed by atoms with Gasteiger partial charge in [-0.1, -0.05) is 6.07 Å². The van der Waals surface area contributed by atoms with Crippen LogP contribution in [0.4, 0.5) is 5.69 Å². The van der Waals surface area contributed by atoms with Crippen LogP contribution in [0.15, 0.2) is 40.1 Å². The fraction of sp³-hybridized carbons (Fsp3) is 0.0833. The Morgan fingerprint density at radius 3 is 3.00 bits per heavy atom. The normalized spacial score (nSPS) is 12.9. The summed E-state index contributed by atoms with van der Waals surface area (Å²) in [5.41, 5.74) is 7.30. The summed E-state index contributed by atoms with van der Waals surface area (Å²) in [4.78, 5) is 5.52. The zero-order chi connectivity index (χ0) is 12.5. The standard InChI is InChI=1S/C12H10N2OS3/c13-8-3-4-10-11(6-8)17-12(14-10)18(15)7-9-2-1-5-16-9/h1-6H,7,13H2. The third-order valence-corrected chi connectivity index (χ3v) is 6.17. The van der Waals surface area contributed by atoms with Crippen LogP contribution in [-0.4, -0.2) is 9.19 Å². The summed E-state index contributed by atoms with van der Waals surface area (Å²) in [6.45, 7) is 0. The molecule has 0 radical (unpaired) electrons. The number of benzene rings is 1. The van der Waals surface area contributed by atoms with E-state index in [1.54, 1.807) is 11.3 Å². The Kier molecular flexibility index (Phi) is 3.15. The predicted octanol–water partition coefficient (Wildman–Crippen LogP) is 3.25. The maximum absolute atomic E-state index is 12.2. The van der Waals surface area contributed by atoms with E-state index in [2.05, 4.69) is 4.98 Å². The van der Waals surface area contributed by atoms with Crippen LogP contribution in [0.3, 0.4) is 0 Å². The second-order valence-corrected chi connectivity index (χ2v) is 7.46. The zero-order valence-electron chi connectivity index (χ0n) is 9.33. The van der Waals surface area contributed by atoms with Gasteiger partial charge in [-0.25, -0.2) is 4.98 Å². The molecule has 0 spiro atoms. The Morgan fingerprint density at radius 2 is 2.22 bits per heavy atom. The number of nitrogen functional groups attached to an aromatic ring is 1. The van der Waals surface area contributed by atoms with Crippen molar-refractivity contribution >= 4 is 49.4 Å². The van der Waals surface area contributed by atoms with Crippen molar-refractivity contribution in [1.29, 1.82) is 0 Å². The first-order valence-corrected chi connectivity index (χ1v) is 8.31. The summed E-state index contributed by atoms with van der Waals surface area (Å²) in [5, 5.41) is 1.99. The van der Waals surface area contributed by atoms with Crippen LogP contribution in [-0.2, 0) is 16.6 Å². The Bertz CT molecular complexity index is 703. The number of rotatable bonds is 3. The number of fused-ring (bicyclic) bond motifs is 1. The Hall–Kier alpha value is -1.24.